The first-order valence-corrected chi connectivity index (χ1v) is 5.73. The van der Waals surface area contributed by atoms with Crippen molar-refractivity contribution in [1.82, 2.24) is 0 Å². The molecule has 0 aliphatic carbocycles. The molecule has 0 spiro atoms. The summed E-state index contributed by atoms with van der Waals surface area (Å²) in [6.45, 7) is 0. The van der Waals surface area contributed by atoms with Gasteiger partial charge in [0.15, 0.2) is 0 Å². The number of nitrogens with one attached hydrogen (secondary N) is 1. The monoisotopic (exact) mass is 283 g/mol. The maximum absolute atomic E-state index is 12.0. The predicted octanol–water partition coefficient (Wildman–Crippen LogP) is 4.34. The van der Waals surface area contributed by atoms with Crippen LogP contribution < -0.4 is 14.8 Å². The first-order chi connectivity index (χ1) is 9.46. The van der Waals surface area contributed by atoms with Crippen LogP contribution in [0.15, 0.2) is 48.5 Å². The van der Waals surface area contributed by atoms with Gasteiger partial charge in [-0.05, 0) is 48.5 Å². The van der Waals surface area contributed by atoms with Crippen LogP contribution in [0.25, 0.3) is 0 Å². The Bertz CT molecular complexity index is 550. The Morgan fingerprint density at radius 3 is 1.65 bits per heavy atom. The summed E-state index contributed by atoms with van der Waals surface area (Å²) in [5, 5.41) is 3.05. The van der Waals surface area contributed by atoms with E-state index in [-0.39, 0.29) is 5.75 Å². The third-order valence-corrected chi connectivity index (χ3v) is 2.47. The van der Waals surface area contributed by atoms with Gasteiger partial charge in [0, 0.05) is 11.4 Å². The Balaban J connectivity index is 2.02. The molecule has 0 aliphatic heterocycles. The average Bonchev–Trinajstić information content (AvgIpc) is 2.40. The molecule has 106 valence electrons. The van der Waals surface area contributed by atoms with Crippen molar-refractivity contribution in [3.63, 3.8) is 0 Å². The summed E-state index contributed by atoms with van der Waals surface area (Å²) in [6, 6.07) is 12.7. The fourth-order valence-corrected chi connectivity index (χ4v) is 1.58. The molecule has 3 nitrogen and oxygen atoms in total. The molecule has 2 aromatic rings. The number of methoxy groups -OCH3 is 1. The third kappa shape index (κ3) is 4.08. The quantitative estimate of drug-likeness (QED) is 0.905. The van der Waals surface area contributed by atoms with Gasteiger partial charge in [-0.25, -0.2) is 0 Å². The highest BCUT2D eigenvalue weighted by Crippen LogP contribution is 2.25. The molecule has 2 rings (SSSR count). The van der Waals surface area contributed by atoms with Crippen molar-refractivity contribution in [2.45, 2.75) is 6.36 Å². The number of benzene rings is 2. The molecular weight excluding hydrogens is 271 g/mol. The van der Waals surface area contributed by atoms with Gasteiger partial charge in [-0.15, -0.1) is 13.2 Å². The molecule has 1 N–H and O–H groups in total. The van der Waals surface area contributed by atoms with E-state index in [1.165, 1.54) is 24.3 Å². The van der Waals surface area contributed by atoms with E-state index in [0.29, 0.717) is 5.69 Å². The molecule has 0 bridgehead atoms. The summed E-state index contributed by atoms with van der Waals surface area (Å²) in [5.74, 6) is 0.474. The molecule has 0 radical (unpaired) electrons. The zero-order chi connectivity index (χ0) is 14.6. The summed E-state index contributed by atoms with van der Waals surface area (Å²) in [4.78, 5) is 0. The first kappa shape index (κ1) is 14.0. The van der Waals surface area contributed by atoms with Crippen LogP contribution in [0.2, 0.25) is 0 Å². The second kappa shape index (κ2) is 5.73. The summed E-state index contributed by atoms with van der Waals surface area (Å²) >= 11 is 0. The molecule has 0 saturated heterocycles. The van der Waals surface area contributed by atoms with Gasteiger partial charge in [0.2, 0.25) is 0 Å². The second-order valence-corrected chi connectivity index (χ2v) is 3.93. The Morgan fingerprint density at radius 2 is 1.25 bits per heavy atom. The zero-order valence-corrected chi connectivity index (χ0v) is 10.6. The van der Waals surface area contributed by atoms with Crippen LogP contribution in [-0.4, -0.2) is 13.5 Å². The number of rotatable bonds is 4. The Kier molecular flexibility index (Phi) is 4.02. The van der Waals surface area contributed by atoms with Crippen molar-refractivity contribution >= 4 is 11.4 Å². The van der Waals surface area contributed by atoms with E-state index in [2.05, 4.69) is 10.1 Å². The minimum absolute atomic E-state index is 0.252. The maximum atomic E-state index is 12.0. The van der Waals surface area contributed by atoms with E-state index in [9.17, 15) is 13.2 Å². The van der Waals surface area contributed by atoms with E-state index in [0.717, 1.165) is 11.4 Å². The van der Waals surface area contributed by atoms with Gasteiger partial charge in [0.1, 0.15) is 11.5 Å². The Morgan fingerprint density at radius 1 is 0.800 bits per heavy atom. The summed E-state index contributed by atoms with van der Waals surface area (Å²) < 4.78 is 44.9. The van der Waals surface area contributed by atoms with Gasteiger partial charge in [0.25, 0.3) is 0 Å². The highest BCUT2D eigenvalue weighted by molar-refractivity contribution is 5.60. The van der Waals surface area contributed by atoms with Gasteiger partial charge in [0.05, 0.1) is 7.11 Å². The highest BCUT2D eigenvalue weighted by atomic mass is 19.4. The minimum Gasteiger partial charge on any atom is -0.497 e. The van der Waals surface area contributed by atoms with Crippen LogP contribution in [0.5, 0.6) is 11.5 Å². The van der Waals surface area contributed by atoms with Crippen molar-refractivity contribution in [3.8, 4) is 11.5 Å². The van der Waals surface area contributed by atoms with Crippen LogP contribution in [0.1, 0.15) is 0 Å². The largest absolute Gasteiger partial charge is 0.573 e. The molecule has 0 atom stereocenters. The van der Waals surface area contributed by atoms with Crippen molar-refractivity contribution in [2.75, 3.05) is 12.4 Å². The number of alkyl halides is 3. The fourth-order valence-electron chi connectivity index (χ4n) is 1.58. The third-order valence-electron chi connectivity index (χ3n) is 2.47. The van der Waals surface area contributed by atoms with Crippen LogP contribution in [0.3, 0.4) is 0 Å². The minimum atomic E-state index is -4.68. The smallest absolute Gasteiger partial charge is 0.497 e. The second-order valence-electron chi connectivity index (χ2n) is 3.93. The number of hydrogen-bond donors (Lipinski definition) is 1. The van der Waals surface area contributed by atoms with Crippen LogP contribution in [-0.2, 0) is 0 Å². The lowest BCUT2D eigenvalue weighted by Crippen LogP contribution is -2.16. The van der Waals surface area contributed by atoms with Gasteiger partial charge >= 0.3 is 6.36 Å². The Labute approximate surface area is 113 Å². The van der Waals surface area contributed by atoms with Crippen LogP contribution in [0, 0.1) is 0 Å². The number of anilines is 2. The lowest BCUT2D eigenvalue weighted by molar-refractivity contribution is -0.274. The first-order valence-electron chi connectivity index (χ1n) is 5.73. The molecule has 6 heteroatoms. The molecule has 0 aromatic heterocycles. The molecule has 20 heavy (non-hydrogen) atoms. The molecule has 0 aliphatic rings. The molecular formula is C14H12F3NO2. The SMILES string of the molecule is COc1ccc(Nc2ccc(OC(F)(F)F)cc2)cc1. The number of halogens is 3. The summed E-state index contributed by atoms with van der Waals surface area (Å²) in [7, 11) is 1.57. The zero-order valence-electron chi connectivity index (χ0n) is 10.6. The standard InChI is InChI=1S/C14H12F3NO2/c1-19-12-6-2-10(3-7-12)18-11-4-8-13(9-5-11)20-14(15,16)17/h2-9,18H,1H3. The van der Waals surface area contributed by atoms with E-state index in [4.69, 9.17) is 4.74 Å². The van der Waals surface area contributed by atoms with Crippen LogP contribution >= 0.6 is 0 Å². The topological polar surface area (TPSA) is 30.5 Å². The summed E-state index contributed by atoms with van der Waals surface area (Å²) in [5.41, 5.74) is 1.46. The highest BCUT2D eigenvalue weighted by Gasteiger charge is 2.30. The van der Waals surface area contributed by atoms with E-state index < -0.39 is 6.36 Å². The molecule has 2 aromatic carbocycles. The van der Waals surface area contributed by atoms with Gasteiger partial charge in [-0.2, -0.15) is 0 Å². The average molecular weight is 283 g/mol. The lowest BCUT2D eigenvalue weighted by atomic mass is 10.2. The number of ether oxygens (including phenoxy) is 2. The van der Waals surface area contributed by atoms with Crippen LogP contribution in [0.4, 0.5) is 24.5 Å². The Hall–Kier alpha value is -2.37. The summed E-state index contributed by atoms with van der Waals surface area (Å²) in [6.07, 6.45) is -4.68. The molecule has 0 amide bonds. The molecule has 0 unspecified atom stereocenters. The fraction of sp³-hybridized carbons (Fsp3) is 0.143. The molecule has 0 saturated carbocycles. The molecule has 0 fully saturated rings. The predicted molar refractivity (Wildman–Crippen MR) is 69.4 cm³/mol. The maximum Gasteiger partial charge on any atom is 0.573 e. The van der Waals surface area contributed by atoms with Crippen molar-refractivity contribution in [3.05, 3.63) is 48.5 Å². The van der Waals surface area contributed by atoms with Crippen molar-refractivity contribution < 1.29 is 22.6 Å². The van der Waals surface area contributed by atoms with E-state index in [1.807, 2.05) is 0 Å². The lowest BCUT2D eigenvalue weighted by Gasteiger charge is -2.10. The normalized spacial score (nSPS) is 11.0. The van der Waals surface area contributed by atoms with E-state index in [1.54, 1.807) is 31.4 Å². The van der Waals surface area contributed by atoms with Gasteiger partial charge < -0.3 is 14.8 Å². The van der Waals surface area contributed by atoms with E-state index >= 15 is 0 Å². The number of hydrogen-bond acceptors (Lipinski definition) is 3. The van der Waals surface area contributed by atoms with Gasteiger partial charge in [-0.3, -0.25) is 0 Å². The molecule has 0 heterocycles. The van der Waals surface area contributed by atoms with Crippen molar-refractivity contribution in [2.24, 2.45) is 0 Å². The van der Waals surface area contributed by atoms with Crippen molar-refractivity contribution in [1.29, 1.82) is 0 Å². The van der Waals surface area contributed by atoms with Gasteiger partial charge in [-0.1, -0.05) is 0 Å².